The van der Waals surface area contributed by atoms with Gasteiger partial charge in [-0.1, -0.05) is 12.1 Å². The zero-order chi connectivity index (χ0) is 15.9. The second kappa shape index (κ2) is 7.82. The van der Waals surface area contributed by atoms with E-state index in [1.165, 1.54) is 11.1 Å². The molecule has 0 fully saturated rings. The Bertz CT molecular complexity index is 541. The number of amides is 1. The van der Waals surface area contributed by atoms with E-state index in [4.69, 9.17) is 9.84 Å². The average Bonchev–Trinajstić information content (AvgIpc) is 2.73. The fourth-order valence-electron chi connectivity index (χ4n) is 2.89. The summed E-state index contributed by atoms with van der Waals surface area (Å²) in [7, 11) is 1.67. The predicted molar refractivity (Wildman–Crippen MR) is 83.1 cm³/mol. The van der Waals surface area contributed by atoms with Crippen molar-refractivity contribution < 1.29 is 19.4 Å². The van der Waals surface area contributed by atoms with Crippen LogP contribution in [0.4, 0.5) is 0 Å². The maximum Gasteiger partial charge on any atom is 0.303 e. The van der Waals surface area contributed by atoms with Gasteiger partial charge in [-0.3, -0.25) is 9.59 Å². The molecular weight excluding hydrogens is 282 g/mol. The maximum atomic E-state index is 12.2. The molecule has 22 heavy (non-hydrogen) atoms. The number of ether oxygens (including phenoxy) is 1. The number of carboxylic acid groups (broad SMARTS) is 1. The minimum Gasteiger partial charge on any atom is -0.496 e. The first kappa shape index (κ1) is 16.3. The van der Waals surface area contributed by atoms with Crippen molar-refractivity contribution in [2.45, 2.75) is 38.5 Å². The second-order valence-corrected chi connectivity index (χ2v) is 5.58. The minimum atomic E-state index is -0.801. The fourth-order valence-corrected chi connectivity index (χ4v) is 2.89. The highest BCUT2D eigenvalue weighted by Crippen LogP contribution is 2.26. The van der Waals surface area contributed by atoms with Crippen LogP contribution >= 0.6 is 0 Å². The largest absolute Gasteiger partial charge is 0.496 e. The van der Waals surface area contributed by atoms with Gasteiger partial charge < -0.3 is 14.7 Å². The molecule has 0 radical (unpaired) electrons. The van der Waals surface area contributed by atoms with Gasteiger partial charge in [-0.25, -0.2) is 0 Å². The molecule has 0 saturated carbocycles. The molecule has 0 saturated heterocycles. The molecule has 1 aromatic rings. The molecule has 0 spiro atoms. The lowest BCUT2D eigenvalue weighted by Gasteiger charge is -2.20. The van der Waals surface area contributed by atoms with Crippen molar-refractivity contribution in [1.82, 2.24) is 4.90 Å². The number of hydrogen-bond donors (Lipinski definition) is 1. The zero-order valence-electron chi connectivity index (χ0n) is 13.0. The van der Waals surface area contributed by atoms with Crippen molar-refractivity contribution in [3.8, 4) is 5.75 Å². The van der Waals surface area contributed by atoms with Crippen LogP contribution in [0.25, 0.3) is 0 Å². The van der Waals surface area contributed by atoms with Gasteiger partial charge in [-0.2, -0.15) is 0 Å². The van der Waals surface area contributed by atoms with Crippen LogP contribution < -0.4 is 4.74 Å². The molecule has 5 heteroatoms. The van der Waals surface area contributed by atoms with Crippen LogP contribution in [0, 0.1) is 0 Å². The van der Waals surface area contributed by atoms with Gasteiger partial charge in [0.15, 0.2) is 0 Å². The number of carbonyl (C=O) groups is 2. The summed E-state index contributed by atoms with van der Waals surface area (Å²) < 4.78 is 5.41. The van der Waals surface area contributed by atoms with Crippen LogP contribution in [-0.2, 0) is 22.4 Å². The molecule has 1 heterocycles. The fraction of sp³-hybridized carbons (Fsp3) is 0.529. The molecule has 1 aliphatic rings. The molecule has 2 rings (SSSR count). The van der Waals surface area contributed by atoms with E-state index in [0.717, 1.165) is 25.1 Å². The number of benzene rings is 1. The topological polar surface area (TPSA) is 66.8 Å². The van der Waals surface area contributed by atoms with E-state index in [0.29, 0.717) is 25.8 Å². The van der Waals surface area contributed by atoms with Gasteiger partial charge in [0.05, 0.1) is 7.11 Å². The van der Waals surface area contributed by atoms with Crippen molar-refractivity contribution in [3.05, 3.63) is 29.3 Å². The van der Waals surface area contributed by atoms with Gasteiger partial charge in [-0.05, 0) is 42.9 Å². The number of methoxy groups -OCH3 is 1. The highest BCUT2D eigenvalue weighted by Gasteiger charge is 2.20. The molecule has 0 aliphatic carbocycles. The van der Waals surface area contributed by atoms with Crippen molar-refractivity contribution >= 4 is 11.9 Å². The summed E-state index contributed by atoms with van der Waals surface area (Å²) in [5, 5.41) is 8.61. The molecule has 0 unspecified atom stereocenters. The monoisotopic (exact) mass is 305 g/mol. The van der Waals surface area contributed by atoms with Gasteiger partial charge in [0.1, 0.15) is 5.75 Å². The first-order chi connectivity index (χ1) is 10.6. The summed E-state index contributed by atoms with van der Waals surface area (Å²) in [4.78, 5) is 24.6. The molecule has 1 N–H and O–H groups in total. The van der Waals surface area contributed by atoms with Crippen molar-refractivity contribution in [3.63, 3.8) is 0 Å². The van der Waals surface area contributed by atoms with Crippen molar-refractivity contribution in [2.24, 2.45) is 0 Å². The van der Waals surface area contributed by atoms with Crippen LogP contribution in [-0.4, -0.2) is 42.1 Å². The Kier molecular flexibility index (Phi) is 5.81. The first-order valence-corrected chi connectivity index (χ1v) is 7.76. The molecular formula is C17H23NO4. The number of fused-ring (bicyclic) bond motifs is 1. The molecule has 1 amide bonds. The van der Waals surface area contributed by atoms with Gasteiger partial charge in [0, 0.05) is 25.9 Å². The molecule has 1 aromatic carbocycles. The number of rotatable bonds is 6. The highest BCUT2D eigenvalue weighted by atomic mass is 16.5. The van der Waals surface area contributed by atoms with Gasteiger partial charge in [0.25, 0.3) is 0 Å². The minimum absolute atomic E-state index is 0.122. The van der Waals surface area contributed by atoms with Crippen molar-refractivity contribution in [2.75, 3.05) is 20.2 Å². The van der Waals surface area contributed by atoms with Crippen LogP contribution in [0.1, 0.15) is 36.8 Å². The lowest BCUT2D eigenvalue weighted by atomic mass is 10.0. The third-order valence-electron chi connectivity index (χ3n) is 4.12. The standard InChI is InChI=1S/C17H23NO4/c1-22-15-6-4-5-13-9-11-18(12-10-14(13)15)16(19)7-2-3-8-17(20)21/h4-6H,2-3,7-12H2,1H3,(H,20,21). The van der Waals surface area contributed by atoms with Crippen LogP contribution in [0.5, 0.6) is 5.75 Å². The summed E-state index contributed by atoms with van der Waals surface area (Å²) in [6.45, 7) is 1.42. The normalized spacial score (nSPS) is 14.1. The van der Waals surface area contributed by atoms with Gasteiger partial charge >= 0.3 is 5.97 Å². The highest BCUT2D eigenvalue weighted by molar-refractivity contribution is 5.76. The number of carbonyl (C=O) groups excluding carboxylic acids is 1. The Morgan fingerprint density at radius 2 is 1.91 bits per heavy atom. The van der Waals surface area contributed by atoms with Gasteiger partial charge in [0.2, 0.25) is 5.91 Å². The van der Waals surface area contributed by atoms with Crippen molar-refractivity contribution in [1.29, 1.82) is 0 Å². The Labute approximate surface area is 130 Å². The lowest BCUT2D eigenvalue weighted by molar-refractivity contribution is -0.137. The quantitative estimate of drug-likeness (QED) is 0.819. The van der Waals surface area contributed by atoms with E-state index < -0.39 is 5.97 Å². The lowest BCUT2D eigenvalue weighted by Crippen LogP contribution is -2.33. The Morgan fingerprint density at radius 3 is 2.64 bits per heavy atom. The number of carboxylic acids is 1. The van der Waals surface area contributed by atoms with Crippen LogP contribution in [0.3, 0.4) is 0 Å². The van der Waals surface area contributed by atoms with E-state index >= 15 is 0 Å². The number of unbranched alkanes of at least 4 members (excludes halogenated alkanes) is 1. The van der Waals surface area contributed by atoms with E-state index in [-0.39, 0.29) is 12.3 Å². The third kappa shape index (κ3) is 4.23. The summed E-state index contributed by atoms with van der Waals surface area (Å²) in [5.74, 6) is 0.218. The Morgan fingerprint density at radius 1 is 1.18 bits per heavy atom. The Hall–Kier alpha value is -2.04. The molecule has 0 aromatic heterocycles. The molecule has 5 nitrogen and oxygen atoms in total. The van der Waals surface area contributed by atoms with E-state index in [1.54, 1.807) is 7.11 Å². The molecule has 1 aliphatic heterocycles. The molecule has 0 bridgehead atoms. The van der Waals surface area contributed by atoms with E-state index in [1.807, 2.05) is 17.0 Å². The maximum absolute atomic E-state index is 12.2. The second-order valence-electron chi connectivity index (χ2n) is 5.58. The molecule has 0 atom stereocenters. The summed E-state index contributed by atoms with van der Waals surface area (Å²) >= 11 is 0. The van der Waals surface area contributed by atoms with E-state index in [2.05, 4.69) is 6.07 Å². The molecule has 120 valence electrons. The smallest absolute Gasteiger partial charge is 0.303 e. The number of hydrogen-bond acceptors (Lipinski definition) is 3. The summed E-state index contributed by atoms with van der Waals surface area (Å²) in [5.41, 5.74) is 2.45. The van der Waals surface area contributed by atoms with Crippen LogP contribution in [0.2, 0.25) is 0 Å². The third-order valence-corrected chi connectivity index (χ3v) is 4.12. The number of nitrogens with zero attached hydrogens (tertiary/aromatic N) is 1. The summed E-state index contributed by atoms with van der Waals surface area (Å²) in [6, 6.07) is 6.04. The Balaban J connectivity index is 1.89. The van der Waals surface area contributed by atoms with E-state index in [9.17, 15) is 9.59 Å². The average molecular weight is 305 g/mol. The summed E-state index contributed by atoms with van der Waals surface area (Å²) in [6.07, 6.45) is 3.41. The zero-order valence-corrected chi connectivity index (χ0v) is 13.0. The first-order valence-electron chi connectivity index (χ1n) is 7.76. The van der Waals surface area contributed by atoms with Crippen LogP contribution in [0.15, 0.2) is 18.2 Å². The van der Waals surface area contributed by atoms with Gasteiger partial charge in [-0.15, -0.1) is 0 Å². The predicted octanol–water partition coefficient (Wildman–Crippen LogP) is 2.27. The number of aliphatic carboxylic acids is 1. The SMILES string of the molecule is COc1cccc2c1CCN(C(=O)CCCCC(=O)O)CC2.